The molecule has 0 aromatic carbocycles. The molecule has 2 aliphatic heterocycles. The van der Waals surface area contributed by atoms with Gasteiger partial charge in [-0.1, -0.05) is 0 Å². The lowest BCUT2D eigenvalue weighted by atomic mass is 9.86. The van der Waals surface area contributed by atoms with Crippen molar-refractivity contribution in [1.29, 1.82) is 0 Å². The summed E-state index contributed by atoms with van der Waals surface area (Å²) in [7, 11) is 0. The van der Waals surface area contributed by atoms with Gasteiger partial charge in [0.1, 0.15) is 5.54 Å². The monoisotopic (exact) mass is 306 g/mol. The van der Waals surface area contributed by atoms with E-state index in [-0.39, 0.29) is 12.0 Å². The normalized spacial score (nSPS) is 24.3. The number of rotatable bonds is 5. The van der Waals surface area contributed by atoms with Crippen molar-refractivity contribution in [2.45, 2.75) is 44.2 Å². The van der Waals surface area contributed by atoms with Gasteiger partial charge in [0, 0.05) is 32.1 Å². The van der Waals surface area contributed by atoms with Gasteiger partial charge in [0.15, 0.2) is 0 Å². The Morgan fingerprint density at radius 2 is 2.32 bits per heavy atom. The Balaban J connectivity index is 1.81. The number of nitrogens with one attached hydrogen (secondary N) is 1. The molecule has 1 unspecified atom stereocenters. The van der Waals surface area contributed by atoms with E-state index in [0.29, 0.717) is 6.54 Å². The third-order valence-corrected chi connectivity index (χ3v) is 4.89. The molecule has 3 heterocycles. The number of carbonyl (C=O) groups is 1. The predicted octanol–water partition coefficient (Wildman–Crippen LogP) is 0.989. The van der Waals surface area contributed by atoms with Crippen molar-refractivity contribution in [3.05, 3.63) is 18.5 Å². The fourth-order valence-corrected chi connectivity index (χ4v) is 3.59. The van der Waals surface area contributed by atoms with Crippen molar-refractivity contribution in [2.75, 3.05) is 32.8 Å². The first-order valence-corrected chi connectivity index (χ1v) is 8.38. The van der Waals surface area contributed by atoms with E-state index in [0.717, 1.165) is 51.9 Å². The number of likely N-dealkylation sites (N-methyl/N-ethyl adjacent to an activating group) is 1. The van der Waals surface area contributed by atoms with E-state index in [4.69, 9.17) is 4.74 Å². The van der Waals surface area contributed by atoms with E-state index in [2.05, 4.69) is 10.4 Å². The number of aromatic nitrogens is 2. The van der Waals surface area contributed by atoms with E-state index in [1.54, 1.807) is 6.20 Å². The van der Waals surface area contributed by atoms with Crippen molar-refractivity contribution in [3.63, 3.8) is 0 Å². The van der Waals surface area contributed by atoms with Crippen LogP contribution in [0.1, 0.15) is 32.6 Å². The molecule has 0 saturated carbocycles. The minimum absolute atomic E-state index is 0.190. The molecule has 1 N–H and O–H groups in total. The molecule has 1 atom stereocenters. The van der Waals surface area contributed by atoms with E-state index in [9.17, 15) is 4.79 Å². The molecule has 2 aliphatic rings. The van der Waals surface area contributed by atoms with Gasteiger partial charge in [0.2, 0.25) is 0 Å². The lowest BCUT2D eigenvalue weighted by Crippen LogP contribution is -2.56. The number of carbonyl (C=O) groups excluding carboxylic acids is 1. The molecular weight excluding hydrogens is 280 g/mol. The highest BCUT2D eigenvalue weighted by atomic mass is 16.5. The van der Waals surface area contributed by atoms with Crippen molar-refractivity contribution in [1.82, 2.24) is 20.0 Å². The van der Waals surface area contributed by atoms with E-state index in [1.807, 2.05) is 28.8 Å². The fraction of sp³-hybridized carbons (Fsp3) is 0.750. The van der Waals surface area contributed by atoms with Crippen molar-refractivity contribution < 1.29 is 9.53 Å². The van der Waals surface area contributed by atoms with Crippen LogP contribution in [0.15, 0.2) is 18.5 Å². The minimum Gasteiger partial charge on any atom is -0.376 e. The number of ether oxygens (including phenoxy) is 1. The Hall–Kier alpha value is -1.40. The summed E-state index contributed by atoms with van der Waals surface area (Å²) >= 11 is 0. The van der Waals surface area contributed by atoms with Crippen LogP contribution in [0.2, 0.25) is 0 Å². The van der Waals surface area contributed by atoms with Crippen LogP contribution in [0.3, 0.4) is 0 Å². The lowest BCUT2D eigenvalue weighted by molar-refractivity contribution is -0.144. The van der Waals surface area contributed by atoms with Gasteiger partial charge in [0.25, 0.3) is 5.91 Å². The van der Waals surface area contributed by atoms with Gasteiger partial charge in [0.05, 0.1) is 6.10 Å². The van der Waals surface area contributed by atoms with Gasteiger partial charge in [-0.05, 0) is 51.8 Å². The number of amides is 1. The van der Waals surface area contributed by atoms with Gasteiger partial charge in [-0.15, -0.1) is 0 Å². The molecule has 3 rings (SSSR count). The van der Waals surface area contributed by atoms with Gasteiger partial charge < -0.3 is 15.0 Å². The number of hydrogen-bond acceptors (Lipinski definition) is 4. The van der Waals surface area contributed by atoms with Gasteiger partial charge in [-0.2, -0.15) is 5.10 Å². The largest absolute Gasteiger partial charge is 0.376 e. The summed E-state index contributed by atoms with van der Waals surface area (Å²) in [5.74, 6) is 0.190. The molecular formula is C16H26N4O2. The van der Waals surface area contributed by atoms with Crippen molar-refractivity contribution in [2.24, 2.45) is 0 Å². The van der Waals surface area contributed by atoms with Crippen LogP contribution in [0.4, 0.5) is 0 Å². The second-order valence-electron chi connectivity index (χ2n) is 6.21. The second-order valence-corrected chi connectivity index (χ2v) is 6.21. The molecule has 2 fully saturated rings. The molecule has 22 heavy (non-hydrogen) atoms. The first-order chi connectivity index (χ1) is 10.8. The molecule has 1 aromatic heterocycles. The maximum Gasteiger partial charge on any atom is 0.250 e. The molecule has 0 bridgehead atoms. The Morgan fingerprint density at radius 1 is 1.50 bits per heavy atom. The second kappa shape index (κ2) is 6.79. The summed E-state index contributed by atoms with van der Waals surface area (Å²) in [4.78, 5) is 15.3. The maximum absolute atomic E-state index is 13.3. The number of nitrogens with zero attached hydrogens (tertiary/aromatic N) is 3. The molecule has 122 valence electrons. The molecule has 2 saturated heterocycles. The van der Waals surface area contributed by atoms with Gasteiger partial charge in [-0.25, -0.2) is 0 Å². The molecule has 1 amide bonds. The summed E-state index contributed by atoms with van der Waals surface area (Å²) < 4.78 is 7.59. The SMILES string of the molecule is CCN(CC1CCCO1)C(=O)C1(n2cccn2)CCNCC1. The predicted molar refractivity (Wildman–Crippen MR) is 83.5 cm³/mol. The highest BCUT2D eigenvalue weighted by molar-refractivity contribution is 5.84. The Bertz CT molecular complexity index is 476. The summed E-state index contributed by atoms with van der Waals surface area (Å²) in [5.41, 5.74) is -0.538. The standard InChI is InChI=1S/C16H26N4O2/c1-2-19(13-14-5-3-12-22-14)15(21)16(6-9-17-10-7-16)20-11-4-8-18-20/h4,8,11,14,17H,2-3,5-7,9-10,12-13H2,1H3. The topological polar surface area (TPSA) is 59.4 Å². The summed E-state index contributed by atoms with van der Waals surface area (Å²) in [6.45, 7) is 5.99. The zero-order chi connectivity index (χ0) is 15.4. The molecule has 1 aromatic rings. The molecule has 6 nitrogen and oxygen atoms in total. The maximum atomic E-state index is 13.3. The van der Waals surface area contributed by atoms with Crippen LogP contribution in [0.25, 0.3) is 0 Å². The minimum atomic E-state index is -0.538. The van der Waals surface area contributed by atoms with Gasteiger partial charge >= 0.3 is 0 Å². The number of hydrogen-bond donors (Lipinski definition) is 1. The fourth-order valence-electron chi connectivity index (χ4n) is 3.59. The third-order valence-electron chi connectivity index (χ3n) is 4.89. The molecule has 0 spiro atoms. The lowest BCUT2D eigenvalue weighted by Gasteiger charge is -2.40. The van der Waals surface area contributed by atoms with Crippen molar-refractivity contribution >= 4 is 5.91 Å². The summed E-state index contributed by atoms with van der Waals surface area (Å²) in [6, 6.07) is 1.90. The molecule has 6 heteroatoms. The first-order valence-electron chi connectivity index (χ1n) is 8.38. The van der Waals surface area contributed by atoms with Crippen LogP contribution in [-0.2, 0) is 15.1 Å². The van der Waals surface area contributed by atoms with E-state index in [1.165, 1.54) is 0 Å². The Morgan fingerprint density at radius 3 is 2.91 bits per heavy atom. The van der Waals surface area contributed by atoms with Crippen LogP contribution in [0.5, 0.6) is 0 Å². The van der Waals surface area contributed by atoms with Crippen LogP contribution < -0.4 is 5.32 Å². The highest BCUT2D eigenvalue weighted by Crippen LogP contribution is 2.30. The number of piperidine rings is 1. The summed E-state index contributed by atoms with van der Waals surface area (Å²) in [5, 5.41) is 7.74. The van der Waals surface area contributed by atoms with Crippen LogP contribution in [0, 0.1) is 0 Å². The van der Waals surface area contributed by atoms with E-state index >= 15 is 0 Å². The zero-order valence-corrected chi connectivity index (χ0v) is 13.3. The Kier molecular flexibility index (Phi) is 4.78. The van der Waals surface area contributed by atoms with Crippen LogP contribution >= 0.6 is 0 Å². The molecule has 0 aliphatic carbocycles. The first kappa shape index (κ1) is 15.5. The quantitative estimate of drug-likeness (QED) is 0.881. The van der Waals surface area contributed by atoms with Crippen LogP contribution in [-0.4, -0.2) is 59.5 Å². The summed E-state index contributed by atoms with van der Waals surface area (Å²) in [6.07, 6.45) is 7.60. The van der Waals surface area contributed by atoms with E-state index < -0.39 is 5.54 Å². The highest BCUT2D eigenvalue weighted by Gasteiger charge is 2.44. The van der Waals surface area contributed by atoms with Crippen molar-refractivity contribution in [3.8, 4) is 0 Å². The average Bonchev–Trinajstić information content (AvgIpc) is 3.26. The smallest absolute Gasteiger partial charge is 0.250 e. The molecule has 0 radical (unpaired) electrons. The Labute approximate surface area is 131 Å². The average molecular weight is 306 g/mol. The third kappa shape index (κ3) is 2.90. The zero-order valence-electron chi connectivity index (χ0n) is 13.3. The van der Waals surface area contributed by atoms with Gasteiger partial charge in [-0.3, -0.25) is 9.48 Å².